The molecule has 0 aromatic carbocycles. The van der Waals surface area contributed by atoms with E-state index in [0.717, 1.165) is 30.5 Å². The lowest BCUT2D eigenvalue weighted by molar-refractivity contribution is 0.376. The third-order valence-electron chi connectivity index (χ3n) is 2.92. The van der Waals surface area contributed by atoms with Gasteiger partial charge in [-0.3, -0.25) is 0 Å². The lowest BCUT2D eigenvalue weighted by Crippen LogP contribution is -2.36. The van der Waals surface area contributed by atoms with Crippen molar-refractivity contribution in [2.75, 3.05) is 6.54 Å². The Morgan fingerprint density at radius 1 is 1.43 bits per heavy atom. The lowest BCUT2D eigenvalue weighted by atomic mass is 10.1. The van der Waals surface area contributed by atoms with Crippen molar-refractivity contribution >= 4 is 17.3 Å². The largest absolute Gasteiger partial charge is 0.359 e. The zero-order valence-corrected chi connectivity index (χ0v) is 13.5. The van der Waals surface area contributed by atoms with Crippen LogP contribution in [0.25, 0.3) is 0 Å². The standard InChI is InChI=1S/C15H22N4OS/c1-4-16-15(18-10-13-6-5-7-21-13)17-9-12-8-14(11(2)3)19-20-12/h5-8,11H,4,9-10H2,1-3H3,(H2,16,17,18). The molecule has 0 aliphatic rings. The molecule has 114 valence electrons. The van der Waals surface area contributed by atoms with Crippen molar-refractivity contribution in [1.29, 1.82) is 0 Å². The van der Waals surface area contributed by atoms with Gasteiger partial charge in [0.1, 0.15) is 6.54 Å². The van der Waals surface area contributed by atoms with Gasteiger partial charge in [-0.1, -0.05) is 25.1 Å². The molecule has 0 aliphatic carbocycles. The van der Waals surface area contributed by atoms with Crippen LogP contribution in [0.1, 0.15) is 43.0 Å². The average molecular weight is 306 g/mol. The molecule has 21 heavy (non-hydrogen) atoms. The van der Waals surface area contributed by atoms with E-state index in [1.54, 1.807) is 11.3 Å². The number of aromatic nitrogens is 1. The first kappa shape index (κ1) is 15.6. The third kappa shape index (κ3) is 4.90. The molecule has 0 bridgehead atoms. The smallest absolute Gasteiger partial charge is 0.191 e. The van der Waals surface area contributed by atoms with Gasteiger partial charge in [0, 0.05) is 17.5 Å². The van der Waals surface area contributed by atoms with E-state index in [1.165, 1.54) is 4.88 Å². The van der Waals surface area contributed by atoms with E-state index in [-0.39, 0.29) is 0 Å². The van der Waals surface area contributed by atoms with E-state index in [4.69, 9.17) is 4.52 Å². The first-order chi connectivity index (χ1) is 10.2. The quantitative estimate of drug-likeness (QED) is 0.636. The van der Waals surface area contributed by atoms with Crippen LogP contribution in [0.4, 0.5) is 0 Å². The van der Waals surface area contributed by atoms with Crippen LogP contribution < -0.4 is 10.6 Å². The SMILES string of the molecule is CCNC(=NCc1cc(C(C)C)no1)NCc1cccs1. The summed E-state index contributed by atoms with van der Waals surface area (Å²) in [4.78, 5) is 5.80. The summed E-state index contributed by atoms with van der Waals surface area (Å²) in [6.07, 6.45) is 0. The fourth-order valence-electron chi connectivity index (χ4n) is 1.76. The van der Waals surface area contributed by atoms with E-state index in [1.807, 2.05) is 19.1 Å². The Bertz CT molecular complexity index is 560. The molecule has 0 saturated heterocycles. The molecular formula is C15H22N4OS. The van der Waals surface area contributed by atoms with Crippen LogP contribution in [0.3, 0.4) is 0 Å². The minimum Gasteiger partial charge on any atom is -0.359 e. The molecule has 0 spiro atoms. The molecule has 2 aromatic heterocycles. The summed E-state index contributed by atoms with van der Waals surface area (Å²) in [6.45, 7) is 8.32. The predicted octanol–water partition coefficient (Wildman–Crippen LogP) is 3.11. The maximum absolute atomic E-state index is 5.29. The number of rotatable bonds is 6. The molecule has 2 heterocycles. The van der Waals surface area contributed by atoms with E-state index in [2.05, 4.69) is 46.1 Å². The normalized spacial score (nSPS) is 11.9. The van der Waals surface area contributed by atoms with Crippen LogP contribution in [-0.2, 0) is 13.1 Å². The zero-order valence-electron chi connectivity index (χ0n) is 12.7. The van der Waals surface area contributed by atoms with Crippen molar-refractivity contribution in [3.05, 3.63) is 39.9 Å². The van der Waals surface area contributed by atoms with E-state index >= 15 is 0 Å². The highest BCUT2D eigenvalue weighted by atomic mass is 32.1. The summed E-state index contributed by atoms with van der Waals surface area (Å²) in [5.41, 5.74) is 0.969. The molecule has 0 atom stereocenters. The lowest BCUT2D eigenvalue weighted by Gasteiger charge is -2.09. The van der Waals surface area contributed by atoms with Gasteiger partial charge in [-0.2, -0.15) is 0 Å². The number of thiophene rings is 1. The molecule has 0 saturated carbocycles. The van der Waals surface area contributed by atoms with Crippen LogP contribution in [0, 0.1) is 0 Å². The topological polar surface area (TPSA) is 62.5 Å². The zero-order chi connectivity index (χ0) is 15.1. The first-order valence-corrected chi connectivity index (χ1v) is 8.07. The number of hydrogen-bond donors (Lipinski definition) is 2. The van der Waals surface area contributed by atoms with Crippen molar-refractivity contribution in [2.45, 2.75) is 39.8 Å². The van der Waals surface area contributed by atoms with Gasteiger partial charge >= 0.3 is 0 Å². The minimum absolute atomic E-state index is 0.372. The second-order valence-corrected chi connectivity index (χ2v) is 6.03. The minimum atomic E-state index is 0.372. The summed E-state index contributed by atoms with van der Waals surface area (Å²) in [7, 11) is 0. The van der Waals surface area contributed by atoms with Gasteiger partial charge in [0.25, 0.3) is 0 Å². The molecule has 2 aromatic rings. The Kier molecular flexibility index (Phi) is 5.80. The van der Waals surface area contributed by atoms with E-state index < -0.39 is 0 Å². The van der Waals surface area contributed by atoms with Gasteiger partial charge < -0.3 is 15.2 Å². The van der Waals surface area contributed by atoms with E-state index in [9.17, 15) is 0 Å². The number of nitrogens with one attached hydrogen (secondary N) is 2. The highest BCUT2D eigenvalue weighted by Gasteiger charge is 2.07. The van der Waals surface area contributed by atoms with Gasteiger partial charge in [-0.05, 0) is 24.3 Å². The molecular weight excluding hydrogens is 284 g/mol. The maximum Gasteiger partial charge on any atom is 0.191 e. The van der Waals surface area contributed by atoms with Crippen LogP contribution in [-0.4, -0.2) is 17.7 Å². The Morgan fingerprint density at radius 3 is 2.90 bits per heavy atom. The van der Waals surface area contributed by atoms with Crippen LogP contribution in [0.5, 0.6) is 0 Å². The molecule has 2 rings (SSSR count). The van der Waals surface area contributed by atoms with Crippen molar-refractivity contribution in [2.24, 2.45) is 4.99 Å². The first-order valence-electron chi connectivity index (χ1n) is 7.19. The average Bonchev–Trinajstić information content (AvgIpc) is 3.13. The number of aliphatic imine (C=N–C) groups is 1. The Morgan fingerprint density at radius 2 is 2.29 bits per heavy atom. The van der Waals surface area contributed by atoms with Gasteiger partial charge in [0.05, 0.1) is 12.2 Å². The summed E-state index contributed by atoms with van der Waals surface area (Å²) in [5, 5.41) is 12.7. The summed E-state index contributed by atoms with van der Waals surface area (Å²) in [6, 6.07) is 6.12. The summed E-state index contributed by atoms with van der Waals surface area (Å²) >= 11 is 1.73. The number of nitrogens with zero attached hydrogens (tertiary/aromatic N) is 2. The molecule has 0 fully saturated rings. The van der Waals surface area contributed by atoms with Gasteiger partial charge in [-0.25, -0.2) is 4.99 Å². The van der Waals surface area contributed by atoms with E-state index in [0.29, 0.717) is 12.5 Å². The van der Waals surface area contributed by atoms with Gasteiger partial charge in [0.15, 0.2) is 11.7 Å². The Labute approximate surface area is 129 Å². The molecule has 5 nitrogen and oxygen atoms in total. The van der Waals surface area contributed by atoms with Gasteiger partial charge in [0.2, 0.25) is 0 Å². The fraction of sp³-hybridized carbons (Fsp3) is 0.467. The van der Waals surface area contributed by atoms with Crippen molar-refractivity contribution < 1.29 is 4.52 Å². The van der Waals surface area contributed by atoms with Crippen molar-refractivity contribution in [3.8, 4) is 0 Å². The third-order valence-corrected chi connectivity index (χ3v) is 3.79. The Balaban J connectivity index is 1.92. The van der Waals surface area contributed by atoms with Crippen LogP contribution in [0.2, 0.25) is 0 Å². The number of guanidine groups is 1. The van der Waals surface area contributed by atoms with Gasteiger partial charge in [-0.15, -0.1) is 11.3 Å². The molecule has 0 amide bonds. The Hall–Kier alpha value is -1.82. The van der Waals surface area contributed by atoms with Crippen LogP contribution in [0.15, 0.2) is 33.1 Å². The number of hydrogen-bond acceptors (Lipinski definition) is 4. The molecule has 0 unspecified atom stereocenters. The second-order valence-electron chi connectivity index (χ2n) is 5.00. The monoisotopic (exact) mass is 306 g/mol. The van der Waals surface area contributed by atoms with Crippen LogP contribution >= 0.6 is 11.3 Å². The highest BCUT2D eigenvalue weighted by molar-refractivity contribution is 7.09. The maximum atomic E-state index is 5.29. The summed E-state index contributed by atoms with van der Waals surface area (Å²) in [5.74, 6) is 1.94. The van der Waals surface area contributed by atoms with Crippen molar-refractivity contribution in [1.82, 2.24) is 15.8 Å². The fourth-order valence-corrected chi connectivity index (χ4v) is 2.40. The highest BCUT2D eigenvalue weighted by Crippen LogP contribution is 2.14. The predicted molar refractivity (Wildman–Crippen MR) is 86.6 cm³/mol. The molecule has 0 aliphatic heterocycles. The van der Waals surface area contributed by atoms with Crippen molar-refractivity contribution in [3.63, 3.8) is 0 Å². The molecule has 0 radical (unpaired) electrons. The molecule has 6 heteroatoms. The second kappa shape index (κ2) is 7.83. The summed E-state index contributed by atoms with van der Waals surface area (Å²) < 4.78 is 5.29. The molecule has 2 N–H and O–H groups in total.